The van der Waals surface area contributed by atoms with Crippen LogP contribution in [-0.2, 0) is 11.3 Å². The van der Waals surface area contributed by atoms with E-state index >= 15 is 0 Å². The number of methoxy groups -OCH3 is 3. The van der Waals surface area contributed by atoms with E-state index in [0.29, 0.717) is 36.3 Å². The number of benzene rings is 1. The van der Waals surface area contributed by atoms with Gasteiger partial charge in [0.1, 0.15) is 5.75 Å². The molecule has 1 aliphatic rings. The van der Waals surface area contributed by atoms with Crippen molar-refractivity contribution in [3.8, 4) is 17.2 Å². The van der Waals surface area contributed by atoms with E-state index in [9.17, 15) is 4.79 Å². The van der Waals surface area contributed by atoms with Gasteiger partial charge in [-0.15, -0.1) is 0 Å². The van der Waals surface area contributed by atoms with E-state index in [1.807, 2.05) is 6.07 Å². The van der Waals surface area contributed by atoms with Crippen molar-refractivity contribution < 1.29 is 19.0 Å². The van der Waals surface area contributed by atoms with Gasteiger partial charge in [-0.25, -0.2) is 0 Å². The smallest absolute Gasteiger partial charge is 0.220 e. The van der Waals surface area contributed by atoms with Crippen LogP contribution in [0.15, 0.2) is 12.1 Å². The minimum atomic E-state index is 0.0514. The van der Waals surface area contributed by atoms with Crippen LogP contribution in [0.5, 0.6) is 17.2 Å². The lowest BCUT2D eigenvalue weighted by Gasteiger charge is -2.15. The van der Waals surface area contributed by atoms with Gasteiger partial charge in [-0.2, -0.15) is 0 Å². The topological polar surface area (TPSA) is 68.8 Å². The molecule has 6 heteroatoms. The second-order valence-electron chi connectivity index (χ2n) is 5.63. The molecule has 1 saturated heterocycles. The number of rotatable bonds is 8. The molecule has 23 heavy (non-hydrogen) atoms. The third kappa shape index (κ3) is 4.76. The lowest BCUT2D eigenvalue weighted by Crippen LogP contribution is -2.27. The van der Waals surface area contributed by atoms with E-state index < -0.39 is 0 Å². The number of hydrogen-bond acceptors (Lipinski definition) is 5. The molecule has 1 aliphatic heterocycles. The van der Waals surface area contributed by atoms with Gasteiger partial charge in [0.05, 0.1) is 21.3 Å². The number of nitrogens with one attached hydrogen (secondary N) is 2. The van der Waals surface area contributed by atoms with E-state index in [4.69, 9.17) is 14.2 Å². The van der Waals surface area contributed by atoms with Crippen molar-refractivity contribution in [2.24, 2.45) is 0 Å². The number of carbonyl (C=O) groups is 1. The predicted molar refractivity (Wildman–Crippen MR) is 88.2 cm³/mol. The molecule has 0 saturated carbocycles. The van der Waals surface area contributed by atoms with Crippen LogP contribution in [0.2, 0.25) is 0 Å². The Bertz CT molecular complexity index is 528. The Balaban J connectivity index is 1.91. The number of ether oxygens (including phenoxy) is 3. The molecule has 1 aromatic rings. The first-order chi connectivity index (χ1) is 11.2. The highest BCUT2D eigenvalue weighted by molar-refractivity contribution is 5.76. The largest absolute Gasteiger partial charge is 0.496 e. The standard InChI is InChI=1S/C17H26N2O4/c1-21-14-10-16(23-3)15(22-2)9-12(14)11-19-17(20)7-6-13-5-4-8-18-13/h9-10,13,18H,4-8,11H2,1-3H3,(H,19,20). The molecule has 0 aliphatic carbocycles. The van der Waals surface area contributed by atoms with Crippen molar-refractivity contribution >= 4 is 5.91 Å². The fraction of sp³-hybridized carbons (Fsp3) is 0.588. The van der Waals surface area contributed by atoms with Gasteiger partial charge in [-0.1, -0.05) is 0 Å². The number of hydrogen-bond donors (Lipinski definition) is 2. The van der Waals surface area contributed by atoms with Gasteiger partial charge < -0.3 is 24.8 Å². The summed E-state index contributed by atoms with van der Waals surface area (Å²) in [4.78, 5) is 12.0. The molecule has 128 valence electrons. The molecule has 6 nitrogen and oxygen atoms in total. The van der Waals surface area contributed by atoms with Crippen molar-refractivity contribution in [3.05, 3.63) is 17.7 Å². The van der Waals surface area contributed by atoms with Gasteiger partial charge in [-0.3, -0.25) is 4.79 Å². The van der Waals surface area contributed by atoms with Gasteiger partial charge in [0, 0.05) is 30.6 Å². The number of amides is 1. The molecule has 0 spiro atoms. The summed E-state index contributed by atoms with van der Waals surface area (Å²) in [7, 11) is 4.76. The molecule has 0 bridgehead atoms. The summed E-state index contributed by atoms with van der Waals surface area (Å²) in [5.74, 6) is 1.94. The molecular weight excluding hydrogens is 296 g/mol. The van der Waals surface area contributed by atoms with Crippen LogP contribution in [-0.4, -0.2) is 39.8 Å². The molecule has 1 heterocycles. The zero-order valence-corrected chi connectivity index (χ0v) is 14.1. The average Bonchev–Trinajstić information content (AvgIpc) is 3.10. The maximum atomic E-state index is 12.0. The molecule has 1 atom stereocenters. The minimum Gasteiger partial charge on any atom is -0.496 e. The van der Waals surface area contributed by atoms with E-state index in [0.717, 1.165) is 24.9 Å². The molecule has 2 N–H and O–H groups in total. The van der Waals surface area contributed by atoms with Gasteiger partial charge in [0.15, 0.2) is 11.5 Å². The highest BCUT2D eigenvalue weighted by Gasteiger charge is 2.16. The summed E-state index contributed by atoms with van der Waals surface area (Å²) in [6.07, 6.45) is 3.79. The van der Waals surface area contributed by atoms with E-state index in [-0.39, 0.29) is 5.91 Å². The highest BCUT2D eigenvalue weighted by atomic mass is 16.5. The first-order valence-corrected chi connectivity index (χ1v) is 7.97. The molecule has 2 rings (SSSR count). The third-order valence-electron chi connectivity index (χ3n) is 4.14. The van der Waals surface area contributed by atoms with Crippen LogP contribution in [0, 0.1) is 0 Å². The highest BCUT2D eigenvalue weighted by Crippen LogP contribution is 2.34. The van der Waals surface area contributed by atoms with Crippen LogP contribution in [0.25, 0.3) is 0 Å². The van der Waals surface area contributed by atoms with Gasteiger partial charge in [0.2, 0.25) is 5.91 Å². The van der Waals surface area contributed by atoms with Crippen LogP contribution >= 0.6 is 0 Å². The van der Waals surface area contributed by atoms with Crippen molar-refractivity contribution in [2.75, 3.05) is 27.9 Å². The lowest BCUT2D eigenvalue weighted by atomic mass is 10.1. The summed E-state index contributed by atoms with van der Waals surface area (Å²) in [6.45, 7) is 1.47. The molecule has 1 aromatic carbocycles. The second kappa shape index (κ2) is 8.62. The molecule has 1 fully saturated rings. The van der Waals surface area contributed by atoms with E-state index in [1.54, 1.807) is 27.4 Å². The Morgan fingerprint density at radius 1 is 1.17 bits per heavy atom. The zero-order chi connectivity index (χ0) is 16.7. The fourth-order valence-corrected chi connectivity index (χ4v) is 2.82. The van der Waals surface area contributed by atoms with Crippen molar-refractivity contribution in [1.82, 2.24) is 10.6 Å². The maximum Gasteiger partial charge on any atom is 0.220 e. The predicted octanol–water partition coefficient (Wildman–Crippen LogP) is 1.86. The quantitative estimate of drug-likeness (QED) is 0.764. The van der Waals surface area contributed by atoms with E-state index in [1.165, 1.54) is 6.42 Å². The van der Waals surface area contributed by atoms with Crippen LogP contribution in [0.1, 0.15) is 31.2 Å². The van der Waals surface area contributed by atoms with Crippen molar-refractivity contribution in [3.63, 3.8) is 0 Å². The van der Waals surface area contributed by atoms with Crippen molar-refractivity contribution in [2.45, 2.75) is 38.3 Å². The summed E-state index contributed by atoms with van der Waals surface area (Å²) < 4.78 is 15.9. The average molecular weight is 322 g/mol. The molecule has 1 unspecified atom stereocenters. The Labute approximate surface area is 137 Å². The maximum absolute atomic E-state index is 12.0. The second-order valence-corrected chi connectivity index (χ2v) is 5.63. The molecular formula is C17H26N2O4. The summed E-state index contributed by atoms with van der Waals surface area (Å²) in [5, 5.41) is 6.34. The molecule has 0 aromatic heterocycles. The first kappa shape index (κ1) is 17.4. The monoisotopic (exact) mass is 322 g/mol. The Morgan fingerprint density at radius 3 is 2.48 bits per heavy atom. The van der Waals surface area contributed by atoms with Gasteiger partial charge >= 0.3 is 0 Å². The van der Waals surface area contributed by atoms with E-state index in [2.05, 4.69) is 10.6 Å². The Hall–Kier alpha value is -1.95. The van der Waals surface area contributed by atoms with Crippen LogP contribution in [0.4, 0.5) is 0 Å². The zero-order valence-electron chi connectivity index (χ0n) is 14.1. The Morgan fingerprint density at radius 2 is 1.87 bits per heavy atom. The third-order valence-corrected chi connectivity index (χ3v) is 4.14. The summed E-state index contributed by atoms with van der Waals surface area (Å²) in [6, 6.07) is 4.08. The normalized spacial score (nSPS) is 16.9. The van der Waals surface area contributed by atoms with Crippen LogP contribution < -0.4 is 24.8 Å². The van der Waals surface area contributed by atoms with Crippen LogP contribution in [0.3, 0.4) is 0 Å². The number of carbonyl (C=O) groups excluding carboxylic acids is 1. The fourth-order valence-electron chi connectivity index (χ4n) is 2.82. The molecule has 1 amide bonds. The van der Waals surface area contributed by atoms with Gasteiger partial charge in [-0.05, 0) is 31.9 Å². The first-order valence-electron chi connectivity index (χ1n) is 7.97. The summed E-state index contributed by atoms with van der Waals surface area (Å²) in [5.41, 5.74) is 0.859. The Kier molecular flexibility index (Phi) is 6.52. The van der Waals surface area contributed by atoms with Gasteiger partial charge in [0.25, 0.3) is 0 Å². The summed E-state index contributed by atoms with van der Waals surface area (Å²) >= 11 is 0. The minimum absolute atomic E-state index is 0.0514. The lowest BCUT2D eigenvalue weighted by molar-refractivity contribution is -0.121. The SMILES string of the molecule is COc1cc(OC)c(OC)cc1CNC(=O)CCC1CCCN1. The molecule has 0 radical (unpaired) electrons. The van der Waals surface area contributed by atoms with Crippen molar-refractivity contribution in [1.29, 1.82) is 0 Å².